The highest BCUT2D eigenvalue weighted by Gasteiger charge is 2.37. The summed E-state index contributed by atoms with van der Waals surface area (Å²) in [6.07, 6.45) is 1.18. The average Bonchev–Trinajstić information content (AvgIpc) is 3.34. The maximum Gasteiger partial charge on any atom is 0.326 e. The molecule has 1 aliphatic heterocycles. The summed E-state index contributed by atoms with van der Waals surface area (Å²) in [7, 11) is 0. The lowest BCUT2D eigenvalue weighted by Gasteiger charge is -2.28. The number of hydrogen-bond donors (Lipinski definition) is 4. The van der Waals surface area contributed by atoms with Crippen molar-refractivity contribution in [1.82, 2.24) is 15.5 Å². The van der Waals surface area contributed by atoms with Gasteiger partial charge in [-0.05, 0) is 25.2 Å². The number of aliphatic carboxylic acids is 1. The van der Waals surface area contributed by atoms with Gasteiger partial charge in [0.2, 0.25) is 22.8 Å². The zero-order chi connectivity index (χ0) is 26.8. The number of carbonyl (C=O) groups excluding carboxylic acids is 4. The van der Waals surface area contributed by atoms with Crippen molar-refractivity contribution in [1.29, 1.82) is 0 Å². The number of thioether (sulfide) groups is 1. The number of carboxylic acids is 1. The molecule has 0 spiro atoms. The zero-order valence-electron chi connectivity index (χ0n) is 20.8. The summed E-state index contributed by atoms with van der Waals surface area (Å²) < 4.78 is 0. The van der Waals surface area contributed by atoms with Gasteiger partial charge >= 0.3 is 5.97 Å². The largest absolute Gasteiger partial charge is 0.480 e. The molecule has 2 rings (SSSR count). The standard InChI is InChI=1S/C25H35N3O7S/c1-15(2)12-18(24(33)34)26-21(30)19(13-29)27-22(31)20-10-7-11-28(20)23(32)16(3)14-36-25(35)17-8-5-4-6-9-17/h4-6,8-9,15-16,18-20,29H,7,10-14H2,1-3H3,(H,26,30)(H,27,31)(H,33,34)/t16?,18-,19-,20+/m0/s1. The van der Waals surface area contributed by atoms with E-state index in [0.717, 1.165) is 11.8 Å². The topological polar surface area (TPSA) is 153 Å². The van der Waals surface area contributed by atoms with Crippen molar-refractivity contribution >= 4 is 40.6 Å². The molecule has 0 aliphatic carbocycles. The molecule has 1 aromatic carbocycles. The van der Waals surface area contributed by atoms with Gasteiger partial charge in [-0.2, -0.15) is 0 Å². The van der Waals surface area contributed by atoms with Crippen LogP contribution in [-0.4, -0.2) is 80.9 Å². The first-order chi connectivity index (χ1) is 17.0. The zero-order valence-corrected chi connectivity index (χ0v) is 21.6. The monoisotopic (exact) mass is 521 g/mol. The van der Waals surface area contributed by atoms with Crippen molar-refractivity contribution in [3.05, 3.63) is 35.9 Å². The molecular weight excluding hydrogens is 486 g/mol. The quantitative estimate of drug-likeness (QED) is 0.321. The Bertz CT molecular complexity index is 941. The van der Waals surface area contributed by atoms with E-state index < -0.39 is 48.4 Å². The molecule has 0 aromatic heterocycles. The fraction of sp³-hybridized carbons (Fsp3) is 0.560. The van der Waals surface area contributed by atoms with Crippen molar-refractivity contribution in [2.75, 3.05) is 18.9 Å². The summed E-state index contributed by atoms with van der Waals surface area (Å²) >= 11 is 1.04. The van der Waals surface area contributed by atoms with Crippen LogP contribution in [-0.2, 0) is 19.2 Å². The normalized spacial score (nSPS) is 17.8. The number of aliphatic hydroxyl groups is 1. The number of rotatable bonds is 12. The molecule has 0 saturated carbocycles. The highest BCUT2D eigenvalue weighted by Crippen LogP contribution is 2.23. The van der Waals surface area contributed by atoms with Crippen molar-refractivity contribution < 1.29 is 34.2 Å². The van der Waals surface area contributed by atoms with Crippen LogP contribution in [0, 0.1) is 11.8 Å². The molecule has 3 amide bonds. The van der Waals surface area contributed by atoms with Crippen LogP contribution < -0.4 is 10.6 Å². The summed E-state index contributed by atoms with van der Waals surface area (Å²) in [6, 6.07) is 5.44. The molecule has 198 valence electrons. The van der Waals surface area contributed by atoms with E-state index in [0.29, 0.717) is 24.9 Å². The van der Waals surface area contributed by atoms with Gasteiger partial charge in [0.1, 0.15) is 18.1 Å². The predicted molar refractivity (Wildman–Crippen MR) is 135 cm³/mol. The smallest absolute Gasteiger partial charge is 0.326 e. The number of nitrogens with zero attached hydrogens (tertiary/aromatic N) is 1. The maximum absolute atomic E-state index is 13.0. The molecule has 1 saturated heterocycles. The van der Waals surface area contributed by atoms with E-state index in [1.54, 1.807) is 31.2 Å². The molecule has 36 heavy (non-hydrogen) atoms. The first-order valence-corrected chi connectivity index (χ1v) is 13.0. The summed E-state index contributed by atoms with van der Waals surface area (Å²) in [5.41, 5.74) is 0.549. The number of nitrogens with one attached hydrogen (secondary N) is 2. The van der Waals surface area contributed by atoms with Gasteiger partial charge in [0, 0.05) is 23.8 Å². The SMILES string of the molecule is CC(C)C[C@H](NC(=O)[C@H](CO)NC(=O)[C@H]1CCCN1C(=O)C(C)CSC(=O)c1ccccc1)C(=O)O. The molecule has 4 atom stereocenters. The second-order valence-electron chi connectivity index (χ2n) is 9.33. The number of likely N-dealkylation sites (tertiary alicyclic amines) is 1. The Hall–Kier alpha value is -2.92. The Morgan fingerprint density at radius 3 is 2.31 bits per heavy atom. The number of carboxylic acid groups (broad SMARTS) is 1. The molecule has 1 unspecified atom stereocenters. The van der Waals surface area contributed by atoms with Crippen LogP contribution in [0.25, 0.3) is 0 Å². The molecule has 1 heterocycles. The molecule has 1 fully saturated rings. The fourth-order valence-electron chi connectivity index (χ4n) is 3.94. The van der Waals surface area contributed by atoms with Crippen LogP contribution in [0.15, 0.2) is 30.3 Å². The number of amides is 3. The van der Waals surface area contributed by atoms with E-state index in [1.807, 2.05) is 19.9 Å². The molecule has 0 bridgehead atoms. The second kappa shape index (κ2) is 14.0. The highest BCUT2D eigenvalue weighted by molar-refractivity contribution is 8.14. The van der Waals surface area contributed by atoms with Gasteiger partial charge in [0.15, 0.2) is 0 Å². The lowest BCUT2D eigenvalue weighted by molar-refractivity contribution is -0.144. The third kappa shape index (κ3) is 8.34. The molecule has 1 aliphatic rings. The van der Waals surface area contributed by atoms with Crippen LogP contribution in [0.4, 0.5) is 0 Å². The first-order valence-electron chi connectivity index (χ1n) is 12.0. The van der Waals surface area contributed by atoms with E-state index >= 15 is 0 Å². The van der Waals surface area contributed by atoms with E-state index in [-0.39, 0.29) is 29.1 Å². The molecule has 1 aromatic rings. The van der Waals surface area contributed by atoms with E-state index in [4.69, 9.17) is 0 Å². The lowest BCUT2D eigenvalue weighted by atomic mass is 10.0. The Morgan fingerprint density at radius 2 is 1.72 bits per heavy atom. The van der Waals surface area contributed by atoms with Crippen LogP contribution in [0.3, 0.4) is 0 Å². The number of benzene rings is 1. The third-order valence-electron chi connectivity index (χ3n) is 5.87. The van der Waals surface area contributed by atoms with Crippen molar-refractivity contribution in [2.24, 2.45) is 11.8 Å². The second-order valence-corrected chi connectivity index (χ2v) is 10.3. The Morgan fingerprint density at radius 1 is 1.06 bits per heavy atom. The van der Waals surface area contributed by atoms with Crippen molar-refractivity contribution in [3.63, 3.8) is 0 Å². The Kier molecular flexibility index (Phi) is 11.4. The van der Waals surface area contributed by atoms with Crippen LogP contribution in [0.5, 0.6) is 0 Å². The van der Waals surface area contributed by atoms with Gasteiger partial charge in [0.05, 0.1) is 6.61 Å². The fourth-order valence-corrected chi connectivity index (χ4v) is 4.79. The number of carbonyl (C=O) groups is 5. The van der Waals surface area contributed by atoms with Crippen molar-refractivity contribution in [3.8, 4) is 0 Å². The minimum Gasteiger partial charge on any atom is -0.480 e. The van der Waals surface area contributed by atoms with E-state index in [9.17, 15) is 34.2 Å². The van der Waals surface area contributed by atoms with Gasteiger partial charge in [-0.3, -0.25) is 19.2 Å². The third-order valence-corrected chi connectivity index (χ3v) is 7.04. The summed E-state index contributed by atoms with van der Waals surface area (Å²) in [6.45, 7) is 4.98. The molecule has 0 radical (unpaired) electrons. The minimum atomic E-state index is -1.35. The van der Waals surface area contributed by atoms with Gasteiger partial charge in [0.25, 0.3) is 0 Å². The highest BCUT2D eigenvalue weighted by atomic mass is 32.2. The van der Waals surface area contributed by atoms with E-state index in [1.165, 1.54) is 4.90 Å². The number of aliphatic hydroxyl groups excluding tert-OH is 1. The van der Waals surface area contributed by atoms with Gasteiger partial charge < -0.3 is 25.7 Å². The molecule has 10 nitrogen and oxygen atoms in total. The van der Waals surface area contributed by atoms with Crippen LogP contribution in [0.2, 0.25) is 0 Å². The van der Waals surface area contributed by atoms with Crippen molar-refractivity contribution in [2.45, 2.75) is 58.2 Å². The van der Waals surface area contributed by atoms with Gasteiger partial charge in [-0.15, -0.1) is 0 Å². The summed E-state index contributed by atoms with van der Waals surface area (Å²) in [4.78, 5) is 63.7. The van der Waals surface area contributed by atoms with E-state index in [2.05, 4.69) is 10.6 Å². The molecule has 11 heteroatoms. The van der Waals surface area contributed by atoms with Crippen LogP contribution in [0.1, 0.15) is 50.4 Å². The lowest BCUT2D eigenvalue weighted by Crippen LogP contribution is -2.57. The average molecular weight is 522 g/mol. The summed E-state index contributed by atoms with van der Waals surface area (Å²) in [5.74, 6) is -3.12. The molecular formula is C25H35N3O7S. The maximum atomic E-state index is 13.0. The first kappa shape index (κ1) is 29.3. The van der Waals surface area contributed by atoms with Gasteiger partial charge in [-0.1, -0.05) is 62.9 Å². The van der Waals surface area contributed by atoms with Crippen LogP contribution >= 0.6 is 11.8 Å². The summed E-state index contributed by atoms with van der Waals surface area (Å²) in [5, 5.41) is 23.7. The molecule has 4 N–H and O–H groups in total. The number of hydrogen-bond acceptors (Lipinski definition) is 7. The Balaban J connectivity index is 1.96. The Labute approximate surface area is 215 Å². The predicted octanol–water partition coefficient (Wildman–Crippen LogP) is 1.28. The minimum absolute atomic E-state index is 0.00904. The van der Waals surface area contributed by atoms with Gasteiger partial charge in [-0.25, -0.2) is 4.79 Å².